The molecule has 1 N–H and O–H groups in total. The molecule has 1 heterocycles. The van der Waals surface area contributed by atoms with Crippen molar-refractivity contribution in [3.63, 3.8) is 0 Å². The highest BCUT2D eigenvalue weighted by atomic mass is 16.5. The fourth-order valence-electron chi connectivity index (χ4n) is 2.88. The van der Waals surface area contributed by atoms with Gasteiger partial charge in [0.2, 0.25) is 0 Å². The van der Waals surface area contributed by atoms with E-state index in [-0.39, 0.29) is 0 Å². The number of methoxy groups -OCH3 is 1. The van der Waals surface area contributed by atoms with Crippen molar-refractivity contribution in [1.29, 1.82) is 0 Å². The van der Waals surface area contributed by atoms with Gasteiger partial charge in [0.15, 0.2) is 0 Å². The lowest BCUT2D eigenvalue weighted by Gasteiger charge is -2.39. The predicted octanol–water partition coefficient (Wildman–Crippen LogP) is 1.59. The van der Waals surface area contributed by atoms with Crippen molar-refractivity contribution in [2.45, 2.75) is 18.5 Å². The van der Waals surface area contributed by atoms with Crippen LogP contribution in [-0.2, 0) is 0 Å². The van der Waals surface area contributed by atoms with Gasteiger partial charge in [-0.05, 0) is 45.3 Å². The minimum absolute atomic E-state index is 0.389. The van der Waals surface area contributed by atoms with Crippen LogP contribution in [-0.4, -0.2) is 63.7 Å². The SMILES string of the molecule is CNC(CC1CN(C)CCN1C)c1ccc(OC)cc1. The Morgan fingerprint density at radius 2 is 1.95 bits per heavy atom. The summed E-state index contributed by atoms with van der Waals surface area (Å²) in [7, 11) is 8.19. The molecule has 112 valence electrons. The van der Waals surface area contributed by atoms with Gasteiger partial charge in [-0.2, -0.15) is 0 Å². The summed E-state index contributed by atoms with van der Waals surface area (Å²) in [6, 6.07) is 9.39. The Kier molecular flexibility index (Phi) is 5.40. The standard InChI is InChI=1S/C16H27N3O/c1-17-16(13-5-7-15(20-4)8-6-13)11-14-12-18(2)9-10-19(14)3/h5-8,14,16-17H,9-12H2,1-4H3. The van der Waals surface area contributed by atoms with Gasteiger partial charge in [0.1, 0.15) is 5.75 Å². The van der Waals surface area contributed by atoms with Crippen LogP contribution in [0.15, 0.2) is 24.3 Å². The Labute approximate surface area is 122 Å². The number of hydrogen-bond donors (Lipinski definition) is 1. The zero-order chi connectivity index (χ0) is 14.5. The molecule has 1 aliphatic rings. The first-order valence-corrected chi connectivity index (χ1v) is 7.34. The van der Waals surface area contributed by atoms with Crippen LogP contribution in [0.4, 0.5) is 0 Å². The van der Waals surface area contributed by atoms with Gasteiger partial charge >= 0.3 is 0 Å². The number of nitrogens with zero attached hydrogens (tertiary/aromatic N) is 2. The molecule has 1 aromatic carbocycles. The fraction of sp³-hybridized carbons (Fsp3) is 0.625. The highest BCUT2D eigenvalue weighted by molar-refractivity contribution is 5.29. The van der Waals surface area contributed by atoms with Gasteiger partial charge in [-0.1, -0.05) is 12.1 Å². The van der Waals surface area contributed by atoms with Crippen LogP contribution in [0.25, 0.3) is 0 Å². The maximum absolute atomic E-state index is 5.23. The van der Waals surface area contributed by atoms with Crippen LogP contribution in [0.1, 0.15) is 18.0 Å². The third kappa shape index (κ3) is 3.72. The maximum atomic E-state index is 5.23. The van der Waals surface area contributed by atoms with Crippen molar-refractivity contribution < 1.29 is 4.74 Å². The van der Waals surface area contributed by atoms with E-state index in [1.165, 1.54) is 12.1 Å². The molecular weight excluding hydrogens is 250 g/mol. The quantitative estimate of drug-likeness (QED) is 0.884. The van der Waals surface area contributed by atoms with E-state index in [0.29, 0.717) is 12.1 Å². The molecule has 2 unspecified atom stereocenters. The molecule has 1 aliphatic heterocycles. The lowest BCUT2D eigenvalue weighted by atomic mass is 9.97. The maximum Gasteiger partial charge on any atom is 0.118 e. The number of nitrogens with one attached hydrogen (secondary N) is 1. The summed E-state index contributed by atoms with van der Waals surface area (Å²) in [6.07, 6.45) is 1.13. The zero-order valence-corrected chi connectivity index (χ0v) is 13.1. The molecule has 1 aromatic rings. The Morgan fingerprint density at radius 3 is 2.55 bits per heavy atom. The largest absolute Gasteiger partial charge is 0.497 e. The summed E-state index contributed by atoms with van der Waals surface area (Å²) >= 11 is 0. The molecule has 0 spiro atoms. The van der Waals surface area contributed by atoms with E-state index in [0.717, 1.165) is 25.3 Å². The van der Waals surface area contributed by atoms with Crippen LogP contribution in [0, 0.1) is 0 Å². The predicted molar refractivity (Wildman–Crippen MR) is 83.3 cm³/mol. The summed E-state index contributed by atoms with van der Waals surface area (Å²) in [5.74, 6) is 0.915. The van der Waals surface area contributed by atoms with Gasteiger partial charge in [-0.15, -0.1) is 0 Å². The number of benzene rings is 1. The van der Waals surface area contributed by atoms with Crippen LogP contribution in [0.5, 0.6) is 5.75 Å². The molecule has 0 radical (unpaired) electrons. The molecule has 0 saturated carbocycles. The molecule has 4 heteroatoms. The number of hydrogen-bond acceptors (Lipinski definition) is 4. The normalized spacial score (nSPS) is 22.7. The third-order valence-corrected chi connectivity index (χ3v) is 4.35. The molecule has 20 heavy (non-hydrogen) atoms. The molecule has 0 aliphatic carbocycles. The molecule has 4 nitrogen and oxygen atoms in total. The number of rotatable bonds is 5. The highest BCUT2D eigenvalue weighted by Crippen LogP contribution is 2.24. The summed E-state index contributed by atoms with van der Waals surface area (Å²) < 4.78 is 5.23. The van der Waals surface area contributed by atoms with Gasteiger partial charge in [-0.3, -0.25) is 0 Å². The lowest BCUT2D eigenvalue weighted by Crippen LogP contribution is -2.50. The average molecular weight is 277 g/mol. The first-order valence-electron chi connectivity index (χ1n) is 7.34. The first kappa shape index (κ1) is 15.3. The molecular formula is C16H27N3O. The summed E-state index contributed by atoms with van der Waals surface area (Å²) in [5, 5.41) is 3.45. The van der Waals surface area contributed by atoms with E-state index in [1.807, 2.05) is 19.2 Å². The molecule has 2 atom stereocenters. The van der Waals surface area contributed by atoms with E-state index in [2.05, 4.69) is 41.3 Å². The van der Waals surface area contributed by atoms with Crippen LogP contribution in [0.2, 0.25) is 0 Å². The Morgan fingerprint density at radius 1 is 1.25 bits per heavy atom. The minimum atomic E-state index is 0.389. The molecule has 0 amide bonds. The van der Waals surface area contributed by atoms with E-state index in [9.17, 15) is 0 Å². The van der Waals surface area contributed by atoms with E-state index >= 15 is 0 Å². The van der Waals surface area contributed by atoms with Crippen molar-refractivity contribution in [1.82, 2.24) is 15.1 Å². The van der Waals surface area contributed by atoms with E-state index in [1.54, 1.807) is 7.11 Å². The smallest absolute Gasteiger partial charge is 0.118 e. The molecule has 1 saturated heterocycles. The number of ether oxygens (including phenoxy) is 1. The summed E-state index contributed by atoms with van der Waals surface area (Å²) in [4.78, 5) is 4.90. The molecule has 1 fully saturated rings. The summed E-state index contributed by atoms with van der Waals surface area (Å²) in [5.41, 5.74) is 1.33. The minimum Gasteiger partial charge on any atom is -0.497 e. The van der Waals surface area contributed by atoms with Crippen LogP contribution < -0.4 is 10.1 Å². The number of likely N-dealkylation sites (N-methyl/N-ethyl adjacent to an activating group) is 2. The van der Waals surface area contributed by atoms with Gasteiger partial charge in [-0.25, -0.2) is 0 Å². The first-order chi connectivity index (χ1) is 9.63. The second-order valence-electron chi connectivity index (χ2n) is 5.75. The van der Waals surface area contributed by atoms with Crippen molar-refractivity contribution in [2.75, 3.05) is 47.9 Å². The topological polar surface area (TPSA) is 27.7 Å². The van der Waals surface area contributed by atoms with Gasteiger partial charge < -0.3 is 19.9 Å². The second-order valence-corrected chi connectivity index (χ2v) is 5.75. The molecule has 0 bridgehead atoms. The van der Waals surface area contributed by atoms with Gasteiger partial charge in [0, 0.05) is 31.7 Å². The third-order valence-electron chi connectivity index (χ3n) is 4.35. The highest BCUT2D eigenvalue weighted by Gasteiger charge is 2.25. The summed E-state index contributed by atoms with van der Waals surface area (Å²) in [6.45, 7) is 3.46. The van der Waals surface area contributed by atoms with Crippen molar-refractivity contribution in [2.24, 2.45) is 0 Å². The fourth-order valence-corrected chi connectivity index (χ4v) is 2.88. The molecule has 2 rings (SSSR count). The monoisotopic (exact) mass is 277 g/mol. The van der Waals surface area contributed by atoms with Gasteiger partial charge in [0.25, 0.3) is 0 Å². The Bertz CT molecular complexity index is 407. The Balaban J connectivity index is 2.03. The number of piperazine rings is 1. The van der Waals surface area contributed by atoms with Crippen molar-refractivity contribution >= 4 is 0 Å². The Hall–Kier alpha value is -1.10. The van der Waals surface area contributed by atoms with E-state index < -0.39 is 0 Å². The van der Waals surface area contributed by atoms with E-state index in [4.69, 9.17) is 4.74 Å². The van der Waals surface area contributed by atoms with Crippen molar-refractivity contribution in [3.8, 4) is 5.75 Å². The molecule has 0 aromatic heterocycles. The van der Waals surface area contributed by atoms with Gasteiger partial charge in [0.05, 0.1) is 7.11 Å². The average Bonchev–Trinajstić information content (AvgIpc) is 2.48. The zero-order valence-electron chi connectivity index (χ0n) is 13.1. The van der Waals surface area contributed by atoms with Crippen molar-refractivity contribution in [3.05, 3.63) is 29.8 Å². The lowest BCUT2D eigenvalue weighted by molar-refractivity contribution is 0.102. The van der Waals surface area contributed by atoms with Crippen LogP contribution >= 0.6 is 0 Å². The van der Waals surface area contributed by atoms with Crippen LogP contribution in [0.3, 0.4) is 0 Å². The second kappa shape index (κ2) is 7.07.